The Bertz CT molecular complexity index is 841. The van der Waals surface area contributed by atoms with E-state index in [1.165, 1.54) is 0 Å². The molecule has 0 unspecified atom stereocenters. The normalized spacial score (nSPS) is 15.3. The number of nitrogens with two attached hydrogens (primary N) is 1. The monoisotopic (exact) mass is 330 g/mol. The predicted molar refractivity (Wildman–Crippen MR) is 89.6 cm³/mol. The molecule has 118 valence electrons. The zero-order valence-corrected chi connectivity index (χ0v) is 13.0. The molecule has 8 heteroatoms. The van der Waals surface area contributed by atoms with Gasteiger partial charge in [0, 0.05) is 23.7 Å². The van der Waals surface area contributed by atoms with Gasteiger partial charge in [-0.05, 0) is 24.3 Å². The number of halogens is 1. The molecule has 1 fully saturated rings. The fourth-order valence-corrected chi connectivity index (χ4v) is 2.77. The molecule has 1 aromatic carbocycles. The second-order valence-corrected chi connectivity index (χ2v) is 5.73. The first-order valence-electron chi connectivity index (χ1n) is 7.32. The van der Waals surface area contributed by atoms with Crippen molar-refractivity contribution in [2.45, 2.75) is 0 Å². The van der Waals surface area contributed by atoms with E-state index in [0.29, 0.717) is 29.7 Å². The molecule has 0 aliphatic carbocycles. The number of anilines is 2. The van der Waals surface area contributed by atoms with E-state index in [4.69, 9.17) is 22.1 Å². The smallest absolute Gasteiger partial charge is 0.224 e. The van der Waals surface area contributed by atoms with Gasteiger partial charge in [-0.15, -0.1) is 0 Å². The highest BCUT2D eigenvalue weighted by Gasteiger charge is 2.19. The molecule has 0 radical (unpaired) electrons. The molecular formula is C15H15ClN6O. The van der Waals surface area contributed by atoms with Gasteiger partial charge in [0.15, 0.2) is 11.5 Å². The molecule has 0 atom stereocenters. The van der Waals surface area contributed by atoms with Gasteiger partial charge in [-0.25, -0.2) is 4.98 Å². The van der Waals surface area contributed by atoms with Crippen LogP contribution in [0.2, 0.25) is 5.02 Å². The molecule has 0 saturated carbocycles. The number of ether oxygens (including phenoxy) is 1. The van der Waals surface area contributed by atoms with E-state index < -0.39 is 0 Å². The van der Waals surface area contributed by atoms with Crippen molar-refractivity contribution in [1.82, 2.24) is 19.9 Å². The molecule has 3 aromatic rings. The number of imidazole rings is 1. The van der Waals surface area contributed by atoms with Crippen LogP contribution in [0.4, 0.5) is 11.8 Å². The van der Waals surface area contributed by atoms with Crippen LogP contribution >= 0.6 is 11.6 Å². The Morgan fingerprint density at radius 2 is 1.83 bits per heavy atom. The highest BCUT2D eigenvalue weighted by molar-refractivity contribution is 6.30. The van der Waals surface area contributed by atoms with E-state index in [1.54, 1.807) is 0 Å². The maximum absolute atomic E-state index is 5.94. The molecule has 23 heavy (non-hydrogen) atoms. The van der Waals surface area contributed by atoms with Gasteiger partial charge in [0.1, 0.15) is 11.3 Å². The van der Waals surface area contributed by atoms with E-state index in [2.05, 4.69) is 24.8 Å². The van der Waals surface area contributed by atoms with Crippen molar-refractivity contribution >= 4 is 34.5 Å². The number of nitrogens with one attached hydrogen (secondary N) is 1. The standard InChI is InChI=1S/C15H15ClN6O/c16-10-3-1-9(2-4-10)12-18-11-13(19-12)20-15(17)21-14(11)22-5-7-23-8-6-22/h1-4H,5-8H2,(H3,17,18,19,20,21). The first-order chi connectivity index (χ1) is 11.2. The Morgan fingerprint density at radius 1 is 1.09 bits per heavy atom. The Hall–Kier alpha value is -2.38. The minimum Gasteiger partial charge on any atom is -0.378 e. The van der Waals surface area contributed by atoms with Gasteiger partial charge in [0.2, 0.25) is 5.95 Å². The van der Waals surface area contributed by atoms with Crippen LogP contribution in [0.5, 0.6) is 0 Å². The molecular weight excluding hydrogens is 316 g/mol. The topological polar surface area (TPSA) is 92.9 Å². The molecule has 2 aromatic heterocycles. The van der Waals surface area contributed by atoms with Crippen LogP contribution in [-0.4, -0.2) is 46.2 Å². The minimum atomic E-state index is 0.216. The molecule has 7 nitrogen and oxygen atoms in total. The lowest BCUT2D eigenvalue weighted by atomic mass is 10.2. The SMILES string of the molecule is Nc1nc(N2CCOCC2)c2[nH]c(-c3ccc(Cl)cc3)nc2n1. The fourth-order valence-electron chi connectivity index (χ4n) is 2.65. The zero-order valence-electron chi connectivity index (χ0n) is 12.3. The average molecular weight is 331 g/mol. The van der Waals surface area contributed by atoms with Crippen molar-refractivity contribution in [1.29, 1.82) is 0 Å². The summed E-state index contributed by atoms with van der Waals surface area (Å²) in [5, 5.41) is 0.683. The number of benzene rings is 1. The molecule has 3 N–H and O–H groups in total. The number of H-pyrrole nitrogens is 1. The van der Waals surface area contributed by atoms with E-state index in [1.807, 2.05) is 24.3 Å². The quantitative estimate of drug-likeness (QED) is 0.747. The Labute approximate surface area is 137 Å². The summed E-state index contributed by atoms with van der Waals surface area (Å²) < 4.78 is 5.39. The van der Waals surface area contributed by atoms with Crippen LogP contribution in [0.25, 0.3) is 22.6 Å². The van der Waals surface area contributed by atoms with Gasteiger partial charge in [0.05, 0.1) is 13.2 Å². The van der Waals surface area contributed by atoms with Gasteiger partial charge < -0.3 is 20.4 Å². The Morgan fingerprint density at radius 3 is 2.57 bits per heavy atom. The molecule has 1 saturated heterocycles. The number of hydrogen-bond acceptors (Lipinski definition) is 6. The summed E-state index contributed by atoms with van der Waals surface area (Å²) in [6, 6.07) is 7.47. The molecule has 1 aliphatic rings. The fraction of sp³-hybridized carbons (Fsp3) is 0.267. The highest BCUT2D eigenvalue weighted by Crippen LogP contribution is 2.27. The molecule has 0 bridgehead atoms. The summed E-state index contributed by atoms with van der Waals surface area (Å²) >= 11 is 5.94. The first kappa shape index (κ1) is 14.2. The number of aromatic amines is 1. The van der Waals surface area contributed by atoms with Gasteiger partial charge >= 0.3 is 0 Å². The van der Waals surface area contributed by atoms with Crippen molar-refractivity contribution in [2.24, 2.45) is 0 Å². The average Bonchev–Trinajstić information content (AvgIpc) is 2.99. The predicted octanol–water partition coefficient (Wildman–Crippen LogP) is 2.09. The molecule has 3 heterocycles. The van der Waals surface area contributed by atoms with Gasteiger partial charge in [-0.1, -0.05) is 11.6 Å². The summed E-state index contributed by atoms with van der Waals surface area (Å²) in [4.78, 5) is 18.6. The Balaban J connectivity index is 1.82. The van der Waals surface area contributed by atoms with Crippen molar-refractivity contribution < 1.29 is 4.74 Å². The molecule has 0 spiro atoms. The van der Waals surface area contributed by atoms with Crippen LogP contribution in [0.1, 0.15) is 0 Å². The highest BCUT2D eigenvalue weighted by atomic mass is 35.5. The third-order valence-corrected chi connectivity index (χ3v) is 4.03. The molecule has 0 amide bonds. The van der Waals surface area contributed by atoms with Crippen molar-refractivity contribution in [2.75, 3.05) is 36.9 Å². The number of aromatic nitrogens is 4. The summed E-state index contributed by atoms with van der Waals surface area (Å²) in [7, 11) is 0. The van der Waals surface area contributed by atoms with Crippen LogP contribution in [0.3, 0.4) is 0 Å². The van der Waals surface area contributed by atoms with E-state index in [0.717, 1.165) is 30.0 Å². The number of nitrogen functional groups attached to an aromatic ring is 1. The van der Waals surface area contributed by atoms with E-state index >= 15 is 0 Å². The lowest BCUT2D eigenvalue weighted by Crippen LogP contribution is -2.37. The summed E-state index contributed by atoms with van der Waals surface area (Å²) in [5.74, 6) is 1.70. The maximum Gasteiger partial charge on any atom is 0.224 e. The summed E-state index contributed by atoms with van der Waals surface area (Å²) in [6.45, 7) is 2.87. The third kappa shape index (κ3) is 2.69. The van der Waals surface area contributed by atoms with Crippen molar-refractivity contribution in [3.05, 3.63) is 29.3 Å². The lowest BCUT2D eigenvalue weighted by Gasteiger charge is -2.27. The van der Waals surface area contributed by atoms with Crippen LogP contribution in [0.15, 0.2) is 24.3 Å². The number of nitrogens with zero attached hydrogens (tertiary/aromatic N) is 4. The largest absolute Gasteiger partial charge is 0.378 e. The van der Waals surface area contributed by atoms with Crippen LogP contribution in [0, 0.1) is 0 Å². The van der Waals surface area contributed by atoms with Crippen molar-refractivity contribution in [3.8, 4) is 11.4 Å². The number of rotatable bonds is 2. The van der Waals surface area contributed by atoms with Gasteiger partial charge in [-0.3, -0.25) is 0 Å². The molecule has 1 aliphatic heterocycles. The van der Waals surface area contributed by atoms with E-state index in [-0.39, 0.29) is 5.95 Å². The maximum atomic E-state index is 5.94. The zero-order chi connectivity index (χ0) is 15.8. The van der Waals surface area contributed by atoms with E-state index in [9.17, 15) is 0 Å². The Kier molecular flexibility index (Phi) is 3.51. The minimum absolute atomic E-state index is 0.216. The van der Waals surface area contributed by atoms with Crippen LogP contribution < -0.4 is 10.6 Å². The van der Waals surface area contributed by atoms with Gasteiger partial charge in [-0.2, -0.15) is 9.97 Å². The third-order valence-electron chi connectivity index (χ3n) is 3.78. The number of morpholine rings is 1. The van der Waals surface area contributed by atoms with Crippen molar-refractivity contribution in [3.63, 3.8) is 0 Å². The molecule has 4 rings (SSSR count). The first-order valence-corrected chi connectivity index (χ1v) is 7.70. The summed E-state index contributed by atoms with van der Waals surface area (Å²) in [6.07, 6.45) is 0. The van der Waals surface area contributed by atoms with Crippen LogP contribution in [-0.2, 0) is 4.74 Å². The lowest BCUT2D eigenvalue weighted by molar-refractivity contribution is 0.122. The second kappa shape index (κ2) is 5.68. The summed E-state index contributed by atoms with van der Waals surface area (Å²) in [5.41, 5.74) is 8.12. The van der Waals surface area contributed by atoms with Gasteiger partial charge in [0.25, 0.3) is 0 Å². The number of hydrogen-bond donors (Lipinski definition) is 2. The second-order valence-electron chi connectivity index (χ2n) is 5.30. The number of fused-ring (bicyclic) bond motifs is 1.